The van der Waals surface area contributed by atoms with Crippen molar-refractivity contribution in [3.63, 3.8) is 0 Å². The molecular formula is C17H26N2O4. The number of esters is 1. The molecular weight excluding hydrogens is 296 g/mol. The highest BCUT2D eigenvalue weighted by molar-refractivity contribution is 6.06. The maximum absolute atomic E-state index is 12.9. The lowest BCUT2D eigenvalue weighted by molar-refractivity contribution is -0.135. The summed E-state index contributed by atoms with van der Waals surface area (Å²) in [5.74, 6) is -0.929. The van der Waals surface area contributed by atoms with Crippen LogP contribution in [0.4, 0.5) is 0 Å². The standard InChI is InChI=1S/C17H26N2O4/c1-8-19(16(21)9(2)3)12(6)15(20)13-10(4)14(17(22)23-7)18-11(13)5/h9,12,18H,8H2,1-7H3/t12-/m0/s1. The van der Waals surface area contributed by atoms with E-state index in [1.165, 1.54) is 7.11 Å². The summed E-state index contributed by atoms with van der Waals surface area (Å²) in [6.45, 7) is 11.1. The highest BCUT2D eigenvalue weighted by Crippen LogP contribution is 2.22. The highest BCUT2D eigenvalue weighted by atomic mass is 16.5. The summed E-state index contributed by atoms with van der Waals surface area (Å²) in [6, 6.07) is -0.589. The van der Waals surface area contributed by atoms with Gasteiger partial charge in [0, 0.05) is 23.7 Å². The average Bonchev–Trinajstić information content (AvgIpc) is 2.80. The van der Waals surface area contributed by atoms with Crippen LogP contribution in [0.5, 0.6) is 0 Å². The number of methoxy groups -OCH3 is 1. The molecule has 6 nitrogen and oxygen atoms in total. The van der Waals surface area contributed by atoms with E-state index in [-0.39, 0.29) is 23.3 Å². The number of Topliss-reactive ketones (excluding diaryl/α,β-unsaturated/α-hetero) is 1. The van der Waals surface area contributed by atoms with Crippen molar-refractivity contribution in [1.82, 2.24) is 9.88 Å². The molecule has 128 valence electrons. The third kappa shape index (κ3) is 3.63. The van der Waals surface area contributed by atoms with E-state index in [0.717, 1.165) is 0 Å². The van der Waals surface area contributed by atoms with Crippen LogP contribution in [-0.2, 0) is 9.53 Å². The first-order valence-corrected chi connectivity index (χ1v) is 7.79. The predicted octanol–water partition coefficient (Wildman–Crippen LogP) is 2.49. The molecule has 0 unspecified atom stereocenters. The summed E-state index contributed by atoms with van der Waals surface area (Å²) in [5, 5.41) is 0. The van der Waals surface area contributed by atoms with Gasteiger partial charge in [-0.25, -0.2) is 4.79 Å². The van der Waals surface area contributed by atoms with Gasteiger partial charge in [-0.05, 0) is 33.3 Å². The number of amides is 1. The van der Waals surface area contributed by atoms with Crippen molar-refractivity contribution in [3.05, 3.63) is 22.5 Å². The first-order valence-electron chi connectivity index (χ1n) is 7.79. The van der Waals surface area contributed by atoms with Crippen molar-refractivity contribution >= 4 is 17.7 Å². The highest BCUT2D eigenvalue weighted by Gasteiger charge is 2.31. The number of aromatic nitrogens is 1. The van der Waals surface area contributed by atoms with E-state index in [4.69, 9.17) is 4.74 Å². The van der Waals surface area contributed by atoms with E-state index >= 15 is 0 Å². The molecule has 0 bridgehead atoms. The van der Waals surface area contributed by atoms with Crippen molar-refractivity contribution in [1.29, 1.82) is 0 Å². The number of hydrogen-bond acceptors (Lipinski definition) is 4. The molecule has 0 saturated carbocycles. The molecule has 0 saturated heterocycles. The number of ether oxygens (including phenoxy) is 1. The molecule has 1 rings (SSSR count). The van der Waals surface area contributed by atoms with E-state index in [0.29, 0.717) is 23.4 Å². The van der Waals surface area contributed by atoms with Gasteiger partial charge in [0.25, 0.3) is 0 Å². The van der Waals surface area contributed by atoms with Gasteiger partial charge in [-0.1, -0.05) is 13.8 Å². The minimum absolute atomic E-state index is 0.0626. The Morgan fingerprint density at radius 3 is 2.17 bits per heavy atom. The number of rotatable bonds is 6. The van der Waals surface area contributed by atoms with Crippen molar-refractivity contribution in [2.75, 3.05) is 13.7 Å². The molecule has 0 spiro atoms. The zero-order chi connectivity index (χ0) is 17.9. The molecule has 0 radical (unpaired) electrons. The Hall–Kier alpha value is -2.11. The van der Waals surface area contributed by atoms with Crippen LogP contribution in [0, 0.1) is 19.8 Å². The van der Waals surface area contributed by atoms with Crippen LogP contribution in [-0.4, -0.2) is 47.2 Å². The van der Waals surface area contributed by atoms with Crippen molar-refractivity contribution < 1.29 is 19.1 Å². The van der Waals surface area contributed by atoms with Gasteiger partial charge in [-0.15, -0.1) is 0 Å². The van der Waals surface area contributed by atoms with Crippen LogP contribution in [0.2, 0.25) is 0 Å². The Balaban J connectivity index is 3.21. The van der Waals surface area contributed by atoms with Crippen LogP contribution in [0.1, 0.15) is 59.8 Å². The number of aromatic amines is 1. The molecule has 0 aromatic carbocycles. The van der Waals surface area contributed by atoms with E-state index in [1.54, 1.807) is 25.7 Å². The van der Waals surface area contributed by atoms with Crippen LogP contribution >= 0.6 is 0 Å². The minimum atomic E-state index is -0.589. The molecule has 1 amide bonds. The maximum Gasteiger partial charge on any atom is 0.354 e. The Morgan fingerprint density at radius 2 is 1.74 bits per heavy atom. The summed E-state index contributed by atoms with van der Waals surface area (Å²) in [5.41, 5.74) is 1.89. The molecule has 0 aliphatic rings. The van der Waals surface area contributed by atoms with Crippen LogP contribution in [0.25, 0.3) is 0 Å². The SMILES string of the molecule is CCN(C(=O)C(C)C)[C@@H](C)C(=O)c1c(C)[nH]c(C(=O)OC)c1C. The molecule has 1 aromatic rings. The van der Waals surface area contributed by atoms with Gasteiger partial charge in [-0.2, -0.15) is 0 Å². The Bertz CT molecular complexity index is 616. The fourth-order valence-corrected chi connectivity index (χ4v) is 2.73. The number of hydrogen-bond donors (Lipinski definition) is 1. The lowest BCUT2D eigenvalue weighted by atomic mass is 9.99. The average molecular weight is 322 g/mol. The number of nitrogens with one attached hydrogen (secondary N) is 1. The quantitative estimate of drug-likeness (QED) is 0.644. The van der Waals surface area contributed by atoms with Gasteiger partial charge in [0.1, 0.15) is 5.69 Å². The molecule has 0 fully saturated rings. The second-order valence-corrected chi connectivity index (χ2v) is 5.94. The Labute approximate surface area is 137 Å². The number of likely N-dealkylation sites (N-methyl/N-ethyl adjacent to an activating group) is 1. The zero-order valence-electron chi connectivity index (χ0n) is 14.9. The fourth-order valence-electron chi connectivity index (χ4n) is 2.73. The Morgan fingerprint density at radius 1 is 1.17 bits per heavy atom. The van der Waals surface area contributed by atoms with Gasteiger partial charge in [0.2, 0.25) is 5.91 Å². The molecule has 23 heavy (non-hydrogen) atoms. The smallest absolute Gasteiger partial charge is 0.354 e. The number of H-pyrrole nitrogens is 1. The van der Waals surface area contributed by atoms with Gasteiger partial charge in [0.05, 0.1) is 13.2 Å². The van der Waals surface area contributed by atoms with Gasteiger partial charge < -0.3 is 14.6 Å². The first kappa shape index (κ1) is 18.9. The third-order valence-corrected chi connectivity index (χ3v) is 4.04. The minimum Gasteiger partial charge on any atom is -0.464 e. The maximum atomic E-state index is 12.9. The van der Waals surface area contributed by atoms with Crippen molar-refractivity contribution in [2.24, 2.45) is 5.92 Å². The number of carbonyl (C=O) groups is 3. The van der Waals surface area contributed by atoms with Crippen molar-refractivity contribution in [3.8, 4) is 0 Å². The summed E-state index contributed by atoms with van der Waals surface area (Å²) in [4.78, 5) is 41.4. The number of ketones is 1. The number of carbonyl (C=O) groups excluding carboxylic acids is 3. The molecule has 1 atom stereocenters. The second kappa shape index (κ2) is 7.44. The molecule has 6 heteroatoms. The topological polar surface area (TPSA) is 79.5 Å². The lowest BCUT2D eigenvalue weighted by Gasteiger charge is -2.29. The van der Waals surface area contributed by atoms with Crippen LogP contribution < -0.4 is 0 Å². The van der Waals surface area contributed by atoms with Crippen molar-refractivity contribution in [2.45, 2.75) is 47.6 Å². The fraction of sp³-hybridized carbons (Fsp3) is 0.588. The molecule has 1 N–H and O–H groups in total. The second-order valence-electron chi connectivity index (χ2n) is 5.94. The van der Waals surface area contributed by atoms with Crippen LogP contribution in [0.3, 0.4) is 0 Å². The van der Waals surface area contributed by atoms with Gasteiger partial charge >= 0.3 is 5.97 Å². The largest absolute Gasteiger partial charge is 0.464 e. The summed E-state index contributed by atoms with van der Waals surface area (Å²) in [6.07, 6.45) is 0. The molecule has 1 heterocycles. The summed E-state index contributed by atoms with van der Waals surface area (Å²) in [7, 11) is 1.29. The number of nitrogens with zero attached hydrogens (tertiary/aromatic N) is 1. The summed E-state index contributed by atoms with van der Waals surface area (Å²) < 4.78 is 4.72. The monoisotopic (exact) mass is 322 g/mol. The normalized spacial score (nSPS) is 12.2. The lowest BCUT2D eigenvalue weighted by Crippen LogP contribution is -2.45. The zero-order valence-corrected chi connectivity index (χ0v) is 14.9. The van der Waals surface area contributed by atoms with Gasteiger partial charge in [-0.3, -0.25) is 9.59 Å². The molecule has 0 aliphatic heterocycles. The van der Waals surface area contributed by atoms with E-state index < -0.39 is 12.0 Å². The van der Waals surface area contributed by atoms with E-state index in [9.17, 15) is 14.4 Å². The Kier molecular flexibility index (Phi) is 6.12. The predicted molar refractivity (Wildman–Crippen MR) is 87.6 cm³/mol. The van der Waals surface area contributed by atoms with E-state index in [1.807, 2.05) is 20.8 Å². The first-order chi connectivity index (χ1) is 10.7. The summed E-state index contributed by atoms with van der Waals surface area (Å²) >= 11 is 0. The van der Waals surface area contributed by atoms with Crippen LogP contribution in [0.15, 0.2) is 0 Å². The third-order valence-electron chi connectivity index (χ3n) is 4.04. The molecule has 0 aliphatic carbocycles. The number of aryl methyl sites for hydroxylation is 1. The van der Waals surface area contributed by atoms with E-state index in [2.05, 4.69) is 4.98 Å². The van der Waals surface area contributed by atoms with Gasteiger partial charge in [0.15, 0.2) is 5.78 Å². The molecule has 1 aromatic heterocycles.